The average molecular weight is 216 g/mol. The summed E-state index contributed by atoms with van der Waals surface area (Å²) in [6.07, 6.45) is 3.55. The van der Waals surface area contributed by atoms with E-state index >= 15 is 0 Å². The SMILES string of the molecule is O=C(Cc1cn[nH]c1)OCc1ccccc1. The molecule has 4 nitrogen and oxygen atoms in total. The summed E-state index contributed by atoms with van der Waals surface area (Å²) in [6, 6.07) is 9.60. The number of ether oxygens (including phenoxy) is 1. The molecule has 16 heavy (non-hydrogen) atoms. The van der Waals surface area contributed by atoms with Crippen LogP contribution in [0.4, 0.5) is 0 Å². The van der Waals surface area contributed by atoms with Crippen molar-refractivity contribution < 1.29 is 9.53 Å². The lowest BCUT2D eigenvalue weighted by molar-refractivity contribution is -0.144. The monoisotopic (exact) mass is 216 g/mol. The van der Waals surface area contributed by atoms with E-state index < -0.39 is 0 Å². The van der Waals surface area contributed by atoms with Gasteiger partial charge in [-0.25, -0.2) is 0 Å². The maximum absolute atomic E-state index is 11.4. The molecule has 1 aromatic heterocycles. The second-order valence-corrected chi connectivity index (χ2v) is 3.43. The van der Waals surface area contributed by atoms with Gasteiger partial charge in [0.05, 0.1) is 12.6 Å². The Balaban J connectivity index is 1.80. The summed E-state index contributed by atoms with van der Waals surface area (Å²) in [5.41, 5.74) is 1.82. The van der Waals surface area contributed by atoms with Crippen molar-refractivity contribution in [2.75, 3.05) is 0 Å². The van der Waals surface area contributed by atoms with Crippen LogP contribution in [0.1, 0.15) is 11.1 Å². The first-order valence-corrected chi connectivity index (χ1v) is 5.02. The quantitative estimate of drug-likeness (QED) is 0.791. The van der Waals surface area contributed by atoms with Crippen molar-refractivity contribution in [2.24, 2.45) is 0 Å². The molecule has 0 bridgehead atoms. The van der Waals surface area contributed by atoms with Crippen molar-refractivity contribution in [1.82, 2.24) is 10.2 Å². The predicted molar refractivity (Wildman–Crippen MR) is 58.5 cm³/mol. The molecule has 0 saturated carbocycles. The Morgan fingerprint density at radius 2 is 2.06 bits per heavy atom. The van der Waals surface area contributed by atoms with Crippen molar-refractivity contribution in [3.8, 4) is 0 Å². The Morgan fingerprint density at radius 1 is 1.25 bits per heavy atom. The molecule has 2 rings (SSSR count). The molecule has 0 radical (unpaired) electrons. The van der Waals surface area contributed by atoms with E-state index in [1.54, 1.807) is 12.4 Å². The van der Waals surface area contributed by atoms with E-state index in [9.17, 15) is 4.79 Å². The Morgan fingerprint density at radius 3 is 2.75 bits per heavy atom. The molecule has 2 aromatic rings. The molecular formula is C12H12N2O2. The molecule has 4 heteroatoms. The van der Waals surface area contributed by atoms with E-state index in [4.69, 9.17) is 4.74 Å². The predicted octanol–water partition coefficient (Wildman–Crippen LogP) is 1.70. The van der Waals surface area contributed by atoms with Gasteiger partial charge >= 0.3 is 5.97 Å². The minimum absolute atomic E-state index is 0.245. The highest BCUT2D eigenvalue weighted by Gasteiger charge is 2.05. The van der Waals surface area contributed by atoms with E-state index in [0.29, 0.717) is 6.61 Å². The largest absolute Gasteiger partial charge is 0.461 e. The topological polar surface area (TPSA) is 55.0 Å². The van der Waals surface area contributed by atoms with Crippen LogP contribution in [0.15, 0.2) is 42.7 Å². The van der Waals surface area contributed by atoms with Gasteiger partial charge in [-0.1, -0.05) is 30.3 Å². The Hall–Kier alpha value is -2.10. The van der Waals surface area contributed by atoms with Crippen LogP contribution >= 0.6 is 0 Å². The zero-order chi connectivity index (χ0) is 11.2. The van der Waals surface area contributed by atoms with Crippen molar-refractivity contribution in [2.45, 2.75) is 13.0 Å². The molecule has 82 valence electrons. The first kappa shape index (κ1) is 10.4. The van der Waals surface area contributed by atoms with Gasteiger partial charge in [0.15, 0.2) is 0 Å². The summed E-state index contributed by atoms with van der Waals surface area (Å²) in [6.45, 7) is 0.317. The number of esters is 1. The minimum Gasteiger partial charge on any atom is -0.461 e. The molecule has 0 atom stereocenters. The van der Waals surface area contributed by atoms with Crippen molar-refractivity contribution in [3.05, 3.63) is 53.9 Å². The van der Waals surface area contributed by atoms with Crippen LogP contribution in [0, 0.1) is 0 Å². The van der Waals surface area contributed by atoms with Gasteiger partial charge in [0.2, 0.25) is 0 Å². The maximum atomic E-state index is 11.4. The number of nitrogens with zero attached hydrogens (tertiary/aromatic N) is 1. The van der Waals surface area contributed by atoms with Crippen molar-refractivity contribution in [1.29, 1.82) is 0 Å². The second kappa shape index (κ2) is 5.11. The molecule has 1 N–H and O–H groups in total. The third-order valence-electron chi connectivity index (χ3n) is 2.15. The van der Waals surface area contributed by atoms with Gasteiger partial charge in [0, 0.05) is 11.8 Å². The highest BCUT2D eigenvalue weighted by atomic mass is 16.5. The maximum Gasteiger partial charge on any atom is 0.310 e. The van der Waals surface area contributed by atoms with Gasteiger partial charge in [-0.15, -0.1) is 0 Å². The Bertz CT molecular complexity index is 437. The minimum atomic E-state index is -0.245. The van der Waals surface area contributed by atoms with Gasteiger partial charge in [-0.3, -0.25) is 9.89 Å². The van der Waals surface area contributed by atoms with Crippen molar-refractivity contribution >= 4 is 5.97 Å². The zero-order valence-electron chi connectivity index (χ0n) is 8.72. The number of hydrogen-bond acceptors (Lipinski definition) is 3. The molecule has 0 unspecified atom stereocenters. The number of carbonyl (C=O) groups excluding carboxylic acids is 1. The van der Waals surface area contributed by atoms with Gasteiger partial charge in [0.25, 0.3) is 0 Å². The zero-order valence-corrected chi connectivity index (χ0v) is 8.72. The van der Waals surface area contributed by atoms with E-state index in [0.717, 1.165) is 11.1 Å². The van der Waals surface area contributed by atoms with Crippen LogP contribution in [-0.2, 0) is 22.6 Å². The first-order chi connectivity index (χ1) is 7.84. The average Bonchev–Trinajstić information content (AvgIpc) is 2.81. The highest BCUT2D eigenvalue weighted by molar-refractivity contribution is 5.72. The smallest absolute Gasteiger partial charge is 0.310 e. The molecule has 0 aliphatic carbocycles. The summed E-state index contributed by atoms with van der Waals surface area (Å²) in [4.78, 5) is 11.4. The summed E-state index contributed by atoms with van der Waals surface area (Å²) in [5.74, 6) is -0.245. The lowest BCUT2D eigenvalue weighted by Crippen LogP contribution is -2.07. The number of aromatic amines is 1. The normalized spacial score (nSPS) is 10.0. The summed E-state index contributed by atoms with van der Waals surface area (Å²) in [7, 11) is 0. The van der Waals surface area contributed by atoms with E-state index in [1.807, 2.05) is 30.3 Å². The van der Waals surface area contributed by atoms with E-state index in [2.05, 4.69) is 10.2 Å². The van der Waals surface area contributed by atoms with Gasteiger partial charge in [0.1, 0.15) is 6.61 Å². The van der Waals surface area contributed by atoms with Gasteiger partial charge in [-0.05, 0) is 5.56 Å². The lowest BCUT2D eigenvalue weighted by atomic mass is 10.2. The second-order valence-electron chi connectivity index (χ2n) is 3.43. The number of rotatable bonds is 4. The van der Waals surface area contributed by atoms with E-state index in [1.165, 1.54) is 0 Å². The van der Waals surface area contributed by atoms with E-state index in [-0.39, 0.29) is 12.4 Å². The summed E-state index contributed by atoms with van der Waals surface area (Å²) >= 11 is 0. The first-order valence-electron chi connectivity index (χ1n) is 5.02. The molecule has 0 fully saturated rings. The molecule has 0 saturated heterocycles. The highest BCUT2D eigenvalue weighted by Crippen LogP contribution is 2.03. The summed E-state index contributed by atoms with van der Waals surface area (Å²) in [5, 5.41) is 6.41. The molecule has 0 aliphatic heterocycles. The molecule has 0 aliphatic rings. The van der Waals surface area contributed by atoms with Gasteiger partial charge in [-0.2, -0.15) is 5.10 Å². The van der Waals surface area contributed by atoms with Crippen LogP contribution in [0.2, 0.25) is 0 Å². The third-order valence-corrected chi connectivity index (χ3v) is 2.15. The van der Waals surface area contributed by atoms with Crippen LogP contribution in [0.25, 0.3) is 0 Å². The van der Waals surface area contributed by atoms with Gasteiger partial charge < -0.3 is 4.74 Å². The fourth-order valence-electron chi connectivity index (χ4n) is 1.33. The number of hydrogen-bond donors (Lipinski definition) is 1. The van der Waals surface area contributed by atoms with Crippen LogP contribution < -0.4 is 0 Å². The third kappa shape index (κ3) is 2.95. The number of benzene rings is 1. The number of nitrogens with one attached hydrogen (secondary N) is 1. The van der Waals surface area contributed by atoms with Crippen LogP contribution in [0.3, 0.4) is 0 Å². The molecule has 0 amide bonds. The standard InChI is InChI=1S/C12H12N2O2/c15-12(6-11-7-13-14-8-11)16-9-10-4-2-1-3-5-10/h1-5,7-8H,6,9H2,(H,13,14). The molecule has 1 aromatic carbocycles. The number of aromatic nitrogens is 2. The fourth-order valence-corrected chi connectivity index (χ4v) is 1.33. The van der Waals surface area contributed by atoms with Crippen molar-refractivity contribution in [3.63, 3.8) is 0 Å². The molecular weight excluding hydrogens is 204 g/mol. The lowest BCUT2D eigenvalue weighted by Gasteiger charge is -2.03. The molecule has 1 heterocycles. The number of carbonyl (C=O) groups is 1. The Labute approximate surface area is 93.3 Å². The molecule has 0 spiro atoms. The fraction of sp³-hybridized carbons (Fsp3) is 0.167. The Kier molecular flexibility index (Phi) is 3.33. The van der Waals surface area contributed by atoms with Crippen LogP contribution in [0.5, 0.6) is 0 Å². The van der Waals surface area contributed by atoms with Crippen LogP contribution in [-0.4, -0.2) is 16.2 Å². The number of H-pyrrole nitrogens is 1. The summed E-state index contributed by atoms with van der Waals surface area (Å²) < 4.78 is 5.12.